The topological polar surface area (TPSA) is 88.1 Å². The molecular formula is C15H13N3O3. The van der Waals surface area contributed by atoms with Gasteiger partial charge >= 0.3 is 5.97 Å². The number of hydrogen-bond donors (Lipinski definition) is 2. The van der Waals surface area contributed by atoms with Crippen molar-refractivity contribution in [3.63, 3.8) is 0 Å². The SMILES string of the molecule is COC(=O)C(O)(c1c[nH]nn1)c1cccc2ccccc12. The largest absolute Gasteiger partial charge is 0.466 e. The number of nitrogens with one attached hydrogen (secondary N) is 1. The molecule has 6 nitrogen and oxygen atoms in total. The van der Waals surface area contributed by atoms with Gasteiger partial charge in [-0.25, -0.2) is 4.79 Å². The van der Waals surface area contributed by atoms with Crippen molar-refractivity contribution in [1.29, 1.82) is 0 Å². The molecule has 1 atom stereocenters. The molecule has 1 heterocycles. The zero-order valence-corrected chi connectivity index (χ0v) is 11.3. The van der Waals surface area contributed by atoms with Gasteiger partial charge in [-0.3, -0.25) is 5.10 Å². The lowest BCUT2D eigenvalue weighted by molar-refractivity contribution is -0.159. The number of carbonyl (C=O) groups is 1. The van der Waals surface area contributed by atoms with E-state index in [1.54, 1.807) is 12.1 Å². The summed E-state index contributed by atoms with van der Waals surface area (Å²) in [5.74, 6) is -0.812. The monoisotopic (exact) mass is 283 g/mol. The minimum atomic E-state index is -2.01. The van der Waals surface area contributed by atoms with Crippen molar-refractivity contribution in [2.24, 2.45) is 0 Å². The highest BCUT2D eigenvalue weighted by Gasteiger charge is 2.44. The number of hydrogen-bond acceptors (Lipinski definition) is 5. The molecule has 21 heavy (non-hydrogen) atoms. The maximum Gasteiger partial charge on any atom is 0.349 e. The van der Waals surface area contributed by atoms with Crippen molar-refractivity contribution in [3.05, 3.63) is 59.9 Å². The number of H-pyrrole nitrogens is 1. The highest BCUT2D eigenvalue weighted by Crippen LogP contribution is 2.34. The summed E-state index contributed by atoms with van der Waals surface area (Å²) in [5.41, 5.74) is -1.52. The zero-order valence-electron chi connectivity index (χ0n) is 11.3. The summed E-state index contributed by atoms with van der Waals surface area (Å²) in [4.78, 5) is 12.2. The van der Waals surface area contributed by atoms with E-state index < -0.39 is 11.6 Å². The van der Waals surface area contributed by atoms with Crippen LogP contribution in [0.4, 0.5) is 0 Å². The first-order valence-corrected chi connectivity index (χ1v) is 6.34. The Bertz CT molecular complexity index is 780. The summed E-state index contributed by atoms with van der Waals surface area (Å²) >= 11 is 0. The Balaban J connectivity index is 2.32. The third-order valence-electron chi connectivity index (χ3n) is 3.45. The lowest BCUT2D eigenvalue weighted by Crippen LogP contribution is -2.38. The van der Waals surface area contributed by atoms with E-state index >= 15 is 0 Å². The second-order valence-electron chi connectivity index (χ2n) is 4.59. The molecule has 1 unspecified atom stereocenters. The van der Waals surface area contributed by atoms with Crippen molar-refractivity contribution in [3.8, 4) is 0 Å². The fraction of sp³-hybridized carbons (Fsp3) is 0.133. The van der Waals surface area contributed by atoms with Crippen LogP contribution in [0, 0.1) is 0 Å². The molecule has 6 heteroatoms. The lowest BCUT2D eigenvalue weighted by Gasteiger charge is -2.24. The number of carbonyl (C=O) groups excluding carboxylic acids is 1. The highest BCUT2D eigenvalue weighted by atomic mass is 16.5. The van der Waals surface area contributed by atoms with E-state index in [0.29, 0.717) is 5.56 Å². The normalized spacial score (nSPS) is 13.8. The van der Waals surface area contributed by atoms with Gasteiger partial charge < -0.3 is 9.84 Å². The van der Waals surface area contributed by atoms with Crippen molar-refractivity contribution in [2.45, 2.75) is 5.60 Å². The highest BCUT2D eigenvalue weighted by molar-refractivity contribution is 5.94. The third-order valence-corrected chi connectivity index (χ3v) is 3.45. The Hall–Kier alpha value is -2.73. The fourth-order valence-electron chi connectivity index (χ4n) is 2.42. The number of aromatic amines is 1. The molecule has 0 amide bonds. The summed E-state index contributed by atoms with van der Waals surface area (Å²) in [6.07, 6.45) is 1.37. The van der Waals surface area contributed by atoms with E-state index in [0.717, 1.165) is 10.8 Å². The number of ether oxygens (including phenoxy) is 1. The molecule has 0 radical (unpaired) electrons. The minimum absolute atomic E-state index is 0.0886. The molecule has 0 fully saturated rings. The number of aliphatic hydroxyl groups is 1. The predicted molar refractivity (Wildman–Crippen MR) is 75.3 cm³/mol. The molecule has 0 aliphatic heterocycles. The molecule has 3 aromatic rings. The molecule has 2 aromatic carbocycles. The van der Waals surface area contributed by atoms with Crippen molar-refractivity contribution < 1.29 is 14.6 Å². The van der Waals surface area contributed by atoms with Crippen LogP contribution in [0.15, 0.2) is 48.7 Å². The molecule has 3 rings (SSSR count). The van der Waals surface area contributed by atoms with Crippen LogP contribution in [0.5, 0.6) is 0 Å². The number of rotatable bonds is 3. The number of aromatic nitrogens is 3. The van der Waals surface area contributed by atoms with E-state index in [1.165, 1.54) is 13.3 Å². The van der Waals surface area contributed by atoms with Gasteiger partial charge in [0.2, 0.25) is 5.60 Å². The molecule has 0 spiro atoms. The molecular weight excluding hydrogens is 270 g/mol. The Kier molecular flexibility index (Phi) is 3.15. The first-order valence-electron chi connectivity index (χ1n) is 6.34. The van der Waals surface area contributed by atoms with Gasteiger partial charge in [-0.15, -0.1) is 5.10 Å². The van der Waals surface area contributed by atoms with Crippen LogP contribution in [0.3, 0.4) is 0 Å². The Labute approximate surface area is 120 Å². The minimum Gasteiger partial charge on any atom is -0.466 e. The van der Waals surface area contributed by atoms with Crippen LogP contribution in [-0.4, -0.2) is 33.6 Å². The van der Waals surface area contributed by atoms with Gasteiger partial charge in [0, 0.05) is 11.8 Å². The summed E-state index contributed by atoms with van der Waals surface area (Å²) in [6.45, 7) is 0. The summed E-state index contributed by atoms with van der Waals surface area (Å²) in [6, 6.07) is 12.8. The number of benzene rings is 2. The molecule has 0 aliphatic carbocycles. The van der Waals surface area contributed by atoms with Crippen LogP contribution >= 0.6 is 0 Å². The molecule has 106 valence electrons. The second-order valence-corrected chi connectivity index (χ2v) is 4.59. The number of nitrogens with zero attached hydrogens (tertiary/aromatic N) is 2. The van der Waals surface area contributed by atoms with Gasteiger partial charge in [0.05, 0.1) is 7.11 Å². The second kappa shape index (κ2) is 4.99. The molecule has 2 N–H and O–H groups in total. The first-order chi connectivity index (χ1) is 10.2. The van der Waals surface area contributed by atoms with Gasteiger partial charge in [-0.1, -0.05) is 47.7 Å². The number of fused-ring (bicyclic) bond motifs is 1. The van der Waals surface area contributed by atoms with Crippen molar-refractivity contribution in [2.75, 3.05) is 7.11 Å². The van der Waals surface area contributed by atoms with Crippen LogP contribution in [-0.2, 0) is 15.1 Å². The van der Waals surface area contributed by atoms with Gasteiger partial charge in [0.1, 0.15) is 5.69 Å². The van der Waals surface area contributed by atoms with Gasteiger partial charge in [0.25, 0.3) is 0 Å². The Morgan fingerprint density at radius 2 is 2.00 bits per heavy atom. The van der Waals surface area contributed by atoms with Crippen LogP contribution in [0.25, 0.3) is 10.8 Å². The van der Waals surface area contributed by atoms with Gasteiger partial charge in [0.15, 0.2) is 0 Å². The van der Waals surface area contributed by atoms with E-state index in [2.05, 4.69) is 15.4 Å². The quantitative estimate of drug-likeness (QED) is 0.709. The fourth-order valence-corrected chi connectivity index (χ4v) is 2.42. The summed E-state index contributed by atoms with van der Waals surface area (Å²) in [5, 5.41) is 22.5. The molecule has 0 aliphatic rings. The zero-order chi connectivity index (χ0) is 14.9. The maximum atomic E-state index is 12.2. The molecule has 0 saturated carbocycles. The van der Waals surface area contributed by atoms with Gasteiger partial charge in [-0.2, -0.15) is 0 Å². The lowest BCUT2D eigenvalue weighted by atomic mass is 9.87. The van der Waals surface area contributed by atoms with Crippen LogP contribution < -0.4 is 0 Å². The standard InChI is InChI=1S/C15H13N3O3/c1-21-14(19)15(20,13-9-16-18-17-13)12-8-4-6-10-5-2-3-7-11(10)12/h2-9,20H,1H3,(H,16,17,18). The Morgan fingerprint density at radius 3 is 2.71 bits per heavy atom. The molecule has 0 saturated heterocycles. The number of esters is 1. The predicted octanol–water partition coefficient (Wildman–Crippen LogP) is 1.37. The summed E-state index contributed by atoms with van der Waals surface area (Å²) < 4.78 is 4.77. The van der Waals surface area contributed by atoms with Crippen molar-refractivity contribution in [1.82, 2.24) is 15.4 Å². The maximum absolute atomic E-state index is 12.2. The smallest absolute Gasteiger partial charge is 0.349 e. The Morgan fingerprint density at radius 1 is 1.24 bits per heavy atom. The third kappa shape index (κ3) is 1.96. The van der Waals surface area contributed by atoms with Crippen LogP contribution in [0.1, 0.15) is 11.3 Å². The van der Waals surface area contributed by atoms with Crippen LogP contribution in [0.2, 0.25) is 0 Å². The average molecular weight is 283 g/mol. The first kappa shape index (κ1) is 13.3. The van der Waals surface area contributed by atoms with E-state index in [4.69, 9.17) is 4.74 Å². The van der Waals surface area contributed by atoms with E-state index in [-0.39, 0.29) is 5.69 Å². The average Bonchev–Trinajstić information content (AvgIpc) is 3.07. The van der Waals surface area contributed by atoms with Crippen molar-refractivity contribution >= 4 is 16.7 Å². The summed E-state index contributed by atoms with van der Waals surface area (Å²) in [7, 11) is 1.22. The molecule has 0 bridgehead atoms. The van der Waals surface area contributed by atoms with E-state index in [1.807, 2.05) is 30.3 Å². The van der Waals surface area contributed by atoms with Gasteiger partial charge in [-0.05, 0) is 10.8 Å². The molecule has 1 aromatic heterocycles. The van der Waals surface area contributed by atoms with E-state index in [9.17, 15) is 9.90 Å². The number of methoxy groups -OCH3 is 1.